The number of nitrogens with zero attached hydrogens (tertiary/aromatic N) is 4. The number of halogens is 3. The van der Waals surface area contributed by atoms with Gasteiger partial charge in [0, 0.05) is 23.4 Å². The number of pyridine rings is 1. The van der Waals surface area contributed by atoms with Crippen molar-refractivity contribution in [2.45, 2.75) is 11.1 Å². The number of aromatic nitrogens is 1. The second kappa shape index (κ2) is 6.73. The Morgan fingerprint density at radius 2 is 1.76 bits per heavy atom. The highest BCUT2D eigenvalue weighted by molar-refractivity contribution is 7.90. The van der Waals surface area contributed by atoms with Gasteiger partial charge >= 0.3 is 6.18 Å². The summed E-state index contributed by atoms with van der Waals surface area (Å²) in [5, 5.41) is 8.14. The lowest BCUT2D eigenvalue weighted by Gasteiger charge is -2.19. The van der Waals surface area contributed by atoms with Crippen LogP contribution >= 0.6 is 0 Å². The van der Waals surface area contributed by atoms with Gasteiger partial charge in [0.25, 0.3) is 0 Å². The number of azo groups is 1. The van der Waals surface area contributed by atoms with Gasteiger partial charge in [-0.3, -0.25) is 4.98 Å². The number of aliphatic imine (C=N–C) groups is 1. The fraction of sp³-hybridized carbons (Fsp3) is 0.158. The molecule has 1 aromatic heterocycles. The molecule has 148 valence electrons. The van der Waals surface area contributed by atoms with Crippen LogP contribution in [0.5, 0.6) is 0 Å². The van der Waals surface area contributed by atoms with Crippen molar-refractivity contribution >= 4 is 26.6 Å². The van der Waals surface area contributed by atoms with Gasteiger partial charge in [-0.25, -0.2) is 13.4 Å². The van der Waals surface area contributed by atoms with E-state index in [1.54, 1.807) is 30.3 Å². The monoisotopic (exact) mass is 418 g/mol. The quantitative estimate of drug-likeness (QED) is 0.628. The topological polar surface area (TPSA) is 84.1 Å². The molecule has 0 unspecified atom stereocenters. The molecule has 1 aliphatic rings. The molecule has 6 nitrogen and oxygen atoms in total. The lowest BCUT2D eigenvalue weighted by Crippen LogP contribution is -2.17. The average Bonchev–Trinajstić information content (AvgIpc) is 3.19. The molecule has 2 aromatic carbocycles. The van der Waals surface area contributed by atoms with Crippen molar-refractivity contribution in [1.82, 2.24) is 4.98 Å². The highest BCUT2D eigenvalue weighted by Gasteiger charge is 2.39. The molecule has 29 heavy (non-hydrogen) atoms. The van der Waals surface area contributed by atoms with Crippen molar-refractivity contribution < 1.29 is 21.6 Å². The Bertz CT molecular complexity index is 1290. The van der Waals surface area contributed by atoms with E-state index in [-0.39, 0.29) is 23.6 Å². The van der Waals surface area contributed by atoms with Gasteiger partial charge in [0.1, 0.15) is 0 Å². The number of rotatable bonds is 3. The van der Waals surface area contributed by atoms with Crippen molar-refractivity contribution in [3.8, 4) is 11.1 Å². The third-order valence-electron chi connectivity index (χ3n) is 4.45. The summed E-state index contributed by atoms with van der Waals surface area (Å²) in [4.78, 5) is 7.40. The summed E-state index contributed by atoms with van der Waals surface area (Å²) < 4.78 is 66.0. The summed E-state index contributed by atoms with van der Waals surface area (Å²) in [6.07, 6.45) is -2.62. The van der Waals surface area contributed by atoms with E-state index in [2.05, 4.69) is 20.2 Å². The SMILES string of the molecule is CS(=O)(=O)c1c(C(F)(F)F)ccc(-c2ccnc3ccccc23)c1C1=NCN=N1. The minimum atomic E-state index is -4.87. The molecule has 4 rings (SSSR count). The number of para-hydroxylation sites is 1. The molecule has 0 fully saturated rings. The van der Waals surface area contributed by atoms with Crippen LogP contribution < -0.4 is 0 Å². The van der Waals surface area contributed by atoms with Gasteiger partial charge in [-0.2, -0.15) is 18.3 Å². The van der Waals surface area contributed by atoms with Gasteiger partial charge in [0.15, 0.2) is 22.3 Å². The maximum atomic E-state index is 13.7. The molecule has 1 aliphatic heterocycles. The summed E-state index contributed by atoms with van der Waals surface area (Å²) >= 11 is 0. The Labute approximate surface area is 163 Å². The zero-order valence-corrected chi connectivity index (χ0v) is 15.8. The largest absolute Gasteiger partial charge is 0.417 e. The van der Waals surface area contributed by atoms with Crippen molar-refractivity contribution in [3.63, 3.8) is 0 Å². The minimum absolute atomic E-state index is 0.0781. The number of benzene rings is 2. The van der Waals surface area contributed by atoms with Gasteiger partial charge in [-0.05, 0) is 29.3 Å². The number of sulfone groups is 1. The molecular formula is C19H13F3N4O2S. The zero-order valence-electron chi connectivity index (χ0n) is 15.0. The maximum Gasteiger partial charge on any atom is 0.417 e. The van der Waals surface area contributed by atoms with Crippen LogP contribution in [0.25, 0.3) is 22.0 Å². The molecule has 0 amide bonds. The van der Waals surface area contributed by atoms with Crippen LogP contribution in [0.1, 0.15) is 11.1 Å². The van der Waals surface area contributed by atoms with E-state index in [4.69, 9.17) is 0 Å². The van der Waals surface area contributed by atoms with Gasteiger partial charge in [0.05, 0.1) is 16.0 Å². The van der Waals surface area contributed by atoms with Gasteiger partial charge in [-0.1, -0.05) is 24.3 Å². The molecule has 10 heteroatoms. The first kappa shape index (κ1) is 19.2. The first-order valence-corrected chi connectivity index (χ1v) is 10.3. The summed E-state index contributed by atoms with van der Waals surface area (Å²) in [7, 11) is -4.29. The predicted molar refractivity (Wildman–Crippen MR) is 102 cm³/mol. The highest BCUT2D eigenvalue weighted by Crippen LogP contribution is 2.41. The second-order valence-electron chi connectivity index (χ2n) is 6.37. The lowest BCUT2D eigenvalue weighted by molar-refractivity contribution is -0.139. The van der Waals surface area contributed by atoms with E-state index in [9.17, 15) is 21.6 Å². The second-order valence-corrected chi connectivity index (χ2v) is 8.33. The van der Waals surface area contributed by atoms with Crippen LogP contribution in [0.15, 0.2) is 68.8 Å². The van der Waals surface area contributed by atoms with Crippen LogP contribution in [0.4, 0.5) is 13.2 Å². The smallest absolute Gasteiger partial charge is 0.256 e. The molecule has 3 aromatic rings. The van der Waals surface area contributed by atoms with E-state index >= 15 is 0 Å². The number of hydrogen-bond acceptors (Lipinski definition) is 6. The maximum absolute atomic E-state index is 13.7. The first-order valence-electron chi connectivity index (χ1n) is 8.38. The standard InChI is InChI=1S/C19H13F3N4O2S/c1-29(27,28)17-14(19(20,21)22)7-6-13(16(17)18-24-10-25-26-18)11-8-9-23-15-5-3-2-4-12(11)15/h2-9H,10H2,1H3. The van der Waals surface area contributed by atoms with Crippen LogP contribution in [-0.2, 0) is 16.0 Å². The molecular weight excluding hydrogens is 405 g/mol. The summed E-state index contributed by atoms with van der Waals surface area (Å²) in [6, 6.07) is 10.7. The number of alkyl halides is 3. The molecule has 0 radical (unpaired) electrons. The third-order valence-corrected chi connectivity index (χ3v) is 5.61. The molecule has 0 saturated carbocycles. The average molecular weight is 418 g/mol. The Kier molecular flexibility index (Phi) is 4.45. The predicted octanol–water partition coefficient (Wildman–Crippen LogP) is 4.49. The summed E-state index contributed by atoms with van der Waals surface area (Å²) in [6.45, 7) is -0.0781. The molecule has 2 heterocycles. The molecule has 0 saturated heterocycles. The summed E-state index contributed by atoms with van der Waals surface area (Å²) in [5.74, 6) is -0.146. The highest BCUT2D eigenvalue weighted by atomic mass is 32.2. The van der Waals surface area contributed by atoms with Gasteiger partial charge < -0.3 is 0 Å². The fourth-order valence-electron chi connectivity index (χ4n) is 3.33. The molecule has 0 spiro atoms. The van der Waals surface area contributed by atoms with E-state index in [0.29, 0.717) is 16.5 Å². The Balaban J connectivity index is 2.17. The van der Waals surface area contributed by atoms with E-state index < -0.39 is 26.5 Å². The number of fused-ring (bicyclic) bond motifs is 1. The Morgan fingerprint density at radius 1 is 1.00 bits per heavy atom. The van der Waals surface area contributed by atoms with E-state index in [1.165, 1.54) is 12.3 Å². The number of amidine groups is 1. The minimum Gasteiger partial charge on any atom is -0.256 e. The molecule has 0 bridgehead atoms. The summed E-state index contributed by atoms with van der Waals surface area (Å²) in [5.41, 5.74) is -0.0702. The molecule has 0 atom stereocenters. The van der Waals surface area contributed by atoms with Crippen LogP contribution in [0, 0.1) is 0 Å². The zero-order chi connectivity index (χ0) is 20.8. The van der Waals surface area contributed by atoms with Crippen molar-refractivity contribution in [2.75, 3.05) is 12.9 Å². The van der Waals surface area contributed by atoms with Crippen LogP contribution in [0.3, 0.4) is 0 Å². The van der Waals surface area contributed by atoms with Crippen molar-refractivity contribution in [2.24, 2.45) is 15.2 Å². The Morgan fingerprint density at radius 3 is 2.41 bits per heavy atom. The first-order chi connectivity index (χ1) is 13.7. The van der Waals surface area contributed by atoms with Crippen LogP contribution in [0.2, 0.25) is 0 Å². The van der Waals surface area contributed by atoms with Crippen molar-refractivity contribution in [3.05, 3.63) is 59.8 Å². The van der Waals surface area contributed by atoms with E-state index in [1.807, 2.05) is 0 Å². The third kappa shape index (κ3) is 3.39. The molecule has 0 aliphatic carbocycles. The normalized spacial score (nSPS) is 14.4. The van der Waals surface area contributed by atoms with Gasteiger partial charge in [-0.15, -0.1) is 5.11 Å². The fourth-order valence-corrected chi connectivity index (χ4v) is 4.48. The lowest BCUT2D eigenvalue weighted by atomic mass is 9.94. The molecule has 0 N–H and O–H groups in total. The Hall–Kier alpha value is -3.14. The van der Waals surface area contributed by atoms with Crippen LogP contribution in [-0.4, -0.2) is 32.2 Å². The van der Waals surface area contributed by atoms with Crippen molar-refractivity contribution in [1.29, 1.82) is 0 Å². The van der Waals surface area contributed by atoms with E-state index in [0.717, 1.165) is 12.3 Å². The van der Waals surface area contributed by atoms with Gasteiger partial charge in [0.2, 0.25) is 0 Å². The number of hydrogen-bond donors (Lipinski definition) is 0.